The van der Waals surface area contributed by atoms with Gasteiger partial charge in [0.15, 0.2) is 0 Å². The molecule has 8 nitrogen and oxygen atoms in total. The SMILES string of the molecule is CC1C2C3C(=O)N(CC4C[C@@H]4CN4CCC(c5c[nH]c6ccccc56)CC4)C(=O)C3C2C1N1CCNC1=O. The molecule has 8 rings (SSSR count). The largest absolute Gasteiger partial charge is 0.361 e. The Balaban J connectivity index is 0.855. The molecule has 38 heavy (non-hydrogen) atoms. The van der Waals surface area contributed by atoms with Crippen molar-refractivity contribution in [3.8, 4) is 0 Å². The Morgan fingerprint density at radius 2 is 1.66 bits per heavy atom. The summed E-state index contributed by atoms with van der Waals surface area (Å²) in [5.74, 6) is 2.18. The first kappa shape index (κ1) is 23.1. The van der Waals surface area contributed by atoms with Gasteiger partial charge in [-0.15, -0.1) is 0 Å². The van der Waals surface area contributed by atoms with E-state index in [2.05, 4.69) is 52.6 Å². The van der Waals surface area contributed by atoms with Gasteiger partial charge in [0.1, 0.15) is 0 Å². The van der Waals surface area contributed by atoms with Gasteiger partial charge in [-0.1, -0.05) is 25.1 Å². The molecule has 1 aromatic heterocycles. The van der Waals surface area contributed by atoms with Crippen molar-refractivity contribution in [3.63, 3.8) is 0 Å². The number of fused-ring (bicyclic) bond motifs is 5. The van der Waals surface area contributed by atoms with Crippen LogP contribution >= 0.6 is 0 Å². The second-order valence-electron chi connectivity index (χ2n) is 12.9. The molecular formula is C30H37N5O3. The number of para-hydroxylation sites is 1. The molecule has 1 aromatic carbocycles. The molecule has 0 bridgehead atoms. The molecule has 2 aromatic rings. The summed E-state index contributed by atoms with van der Waals surface area (Å²) in [6.07, 6.45) is 5.69. The number of benzene rings is 1. The summed E-state index contributed by atoms with van der Waals surface area (Å²) in [4.78, 5) is 48.5. The van der Waals surface area contributed by atoms with Crippen LogP contribution < -0.4 is 5.32 Å². The molecule has 4 heterocycles. The number of aromatic nitrogens is 1. The molecule has 6 aliphatic rings. The van der Waals surface area contributed by atoms with E-state index in [1.807, 2.05) is 4.90 Å². The lowest BCUT2D eigenvalue weighted by molar-refractivity contribution is -0.189. The second kappa shape index (κ2) is 8.31. The van der Waals surface area contributed by atoms with Gasteiger partial charge in [-0.2, -0.15) is 0 Å². The Morgan fingerprint density at radius 3 is 2.42 bits per heavy atom. The van der Waals surface area contributed by atoms with E-state index in [-0.39, 0.29) is 47.6 Å². The van der Waals surface area contributed by atoms with Gasteiger partial charge in [0.25, 0.3) is 0 Å². The molecular weight excluding hydrogens is 478 g/mol. The molecule has 7 unspecified atom stereocenters. The van der Waals surface area contributed by atoms with Gasteiger partial charge in [-0.25, -0.2) is 4.79 Å². The number of nitrogens with one attached hydrogen (secondary N) is 2. The van der Waals surface area contributed by atoms with Crippen molar-refractivity contribution in [1.29, 1.82) is 0 Å². The number of rotatable bonds is 6. The molecule has 8 heteroatoms. The molecule has 6 fully saturated rings. The van der Waals surface area contributed by atoms with Crippen LogP contribution in [0.15, 0.2) is 30.5 Å². The fourth-order valence-corrected chi connectivity index (χ4v) is 9.09. The number of imide groups is 1. The molecule has 0 radical (unpaired) electrons. The molecule has 200 valence electrons. The molecule has 0 spiro atoms. The highest BCUT2D eigenvalue weighted by Gasteiger charge is 2.74. The summed E-state index contributed by atoms with van der Waals surface area (Å²) < 4.78 is 0. The Hall–Kier alpha value is -2.87. The number of piperidine rings is 1. The minimum absolute atomic E-state index is 0.0105. The third-order valence-electron chi connectivity index (χ3n) is 11.2. The van der Waals surface area contributed by atoms with Crippen molar-refractivity contribution in [3.05, 3.63) is 36.0 Å². The summed E-state index contributed by atoms with van der Waals surface area (Å²) in [5, 5.41) is 4.26. The summed E-state index contributed by atoms with van der Waals surface area (Å²) >= 11 is 0. The monoisotopic (exact) mass is 515 g/mol. The van der Waals surface area contributed by atoms with Crippen molar-refractivity contribution in [2.75, 3.05) is 39.3 Å². The number of hydrogen-bond acceptors (Lipinski definition) is 4. The fraction of sp³-hybridized carbons (Fsp3) is 0.633. The zero-order chi connectivity index (χ0) is 25.7. The zero-order valence-electron chi connectivity index (χ0n) is 22.0. The van der Waals surface area contributed by atoms with Crippen molar-refractivity contribution in [1.82, 2.24) is 25.0 Å². The van der Waals surface area contributed by atoms with Gasteiger partial charge in [-0.3, -0.25) is 14.5 Å². The minimum atomic E-state index is -0.192. The third kappa shape index (κ3) is 3.22. The van der Waals surface area contributed by atoms with Crippen LogP contribution in [0.25, 0.3) is 10.9 Å². The van der Waals surface area contributed by atoms with Gasteiger partial charge in [0, 0.05) is 49.3 Å². The Kier molecular flexibility index (Phi) is 5.04. The van der Waals surface area contributed by atoms with E-state index in [1.165, 1.54) is 29.3 Å². The van der Waals surface area contributed by atoms with Gasteiger partial charge >= 0.3 is 6.03 Å². The zero-order valence-corrected chi connectivity index (χ0v) is 22.0. The molecule has 8 atom stereocenters. The predicted molar refractivity (Wildman–Crippen MR) is 142 cm³/mol. The molecule has 2 N–H and O–H groups in total. The Morgan fingerprint density at radius 1 is 0.921 bits per heavy atom. The number of carbonyl (C=O) groups is 3. The average Bonchev–Trinajstić information content (AvgIpc) is 3.19. The van der Waals surface area contributed by atoms with Crippen molar-refractivity contribution in [2.24, 2.45) is 41.4 Å². The molecule has 3 aliphatic heterocycles. The maximum absolute atomic E-state index is 13.4. The number of likely N-dealkylation sites (tertiary alicyclic amines) is 2. The molecule has 4 amide bonds. The average molecular weight is 516 g/mol. The van der Waals surface area contributed by atoms with E-state index >= 15 is 0 Å². The van der Waals surface area contributed by atoms with Crippen LogP contribution in [0.3, 0.4) is 0 Å². The Bertz CT molecular complexity index is 1310. The van der Waals surface area contributed by atoms with Gasteiger partial charge in [-0.05, 0) is 79.5 Å². The summed E-state index contributed by atoms with van der Waals surface area (Å²) in [6.45, 7) is 7.47. The van der Waals surface area contributed by atoms with E-state index in [0.29, 0.717) is 43.3 Å². The highest BCUT2D eigenvalue weighted by molar-refractivity contribution is 6.07. The lowest BCUT2D eigenvalue weighted by Gasteiger charge is -2.65. The number of H-pyrrole nitrogens is 1. The highest BCUT2D eigenvalue weighted by atomic mass is 16.2. The number of aromatic amines is 1. The maximum atomic E-state index is 13.4. The first-order valence-corrected chi connectivity index (χ1v) is 14.7. The highest BCUT2D eigenvalue weighted by Crippen LogP contribution is 2.66. The smallest absolute Gasteiger partial charge is 0.317 e. The van der Waals surface area contributed by atoms with E-state index < -0.39 is 0 Å². The minimum Gasteiger partial charge on any atom is -0.361 e. The van der Waals surface area contributed by atoms with Gasteiger partial charge < -0.3 is 20.1 Å². The standard InChI is InChI=1S/C30H37N5O3/c1-16-23-24(27(16)34-11-8-31-30(34)38)26-25(23)28(36)35(29(26)37)15-19-12-18(19)14-33-9-6-17(7-10-33)21-13-32-22-5-3-2-4-20(21)22/h2-5,13,16-19,23-27,32H,6-12,14-15H2,1H3,(H,31,38)/t16?,18-,19?,23?,24?,25?,26?,27?/m1/s1. The number of hydrogen-bond donors (Lipinski definition) is 2. The Labute approximate surface area is 223 Å². The molecule has 3 saturated carbocycles. The van der Waals surface area contributed by atoms with Crippen LogP contribution in [-0.4, -0.2) is 82.8 Å². The van der Waals surface area contributed by atoms with Crippen LogP contribution in [-0.2, 0) is 9.59 Å². The van der Waals surface area contributed by atoms with E-state index in [4.69, 9.17) is 0 Å². The van der Waals surface area contributed by atoms with Crippen LogP contribution in [0.1, 0.15) is 37.7 Å². The van der Waals surface area contributed by atoms with Crippen LogP contribution in [0.2, 0.25) is 0 Å². The van der Waals surface area contributed by atoms with Crippen molar-refractivity contribution in [2.45, 2.75) is 38.1 Å². The summed E-state index contributed by atoms with van der Waals surface area (Å²) in [7, 11) is 0. The van der Waals surface area contributed by atoms with Gasteiger partial charge in [0.2, 0.25) is 11.8 Å². The first-order chi connectivity index (χ1) is 18.5. The fourth-order valence-electron chi connectivity index (χ4n) is 9.09. The first-order valence-electron chi connectivity index (χ1n) is 14.7. The van der Waals surface area contributed by atoms with Gasteiger partial charge in [0.05, 0.1) is 11.8 Å². The van der Waals surface area contributed by atoms with Crippen LogP contribution in [0.4, 0.5) is 4.79 Å². The lowest BCUT2D eigenvalue weighted by atomic mass is 9.41. The molecule has 3 saturated heterocycles. The number of amides is 4. The van der Waals surface area contributed by atoms with E-state index in [0.717, 1.165) is 26.1 Å². The van der Waals surface area contributed by atoms with E-state index in [1.54, 1.807) is 4.90 Å². The number of urea groups is 1. The quantitative estimate of drug-likeness (QED) is 0.579. The predicted octanol–water partition coefficient (Wildman–Crippen LogP) is 2.87. The van der Waals surface area contributed by atoms with Crippen molar-refractivity contribution < 1.29 is 14.4 Å². The number of nitrogens with zero attached hydrogens (tertiary/aromatic N) is 3. The summed E-state index contributed by atoms with van der Waals surface area (Å²) in [6, 6.07) is 8.69. The third-order valence-corrected chi connectivity index (χ3v) is 11.2. The number of carbonyl (C=O) groups excluding carboxylic acids is 3. The van der Waals surface area contributed by atoms with E-state index in [9.17, 15) is 14.4 Å². The maximum Gasteiger partial charge on any atom is 0.317 e. The lowest BCUT2D eigenvalue weighted by Crippen LogP contribution is -2.72. The second-order valence-corrected chi connectivity index (χ2v) is 12.9. The summed E-state index contributed by atoms with van der Waals surface area (Å²) in [5.41, 5.74) is 2.69. The normalized spacial score (nSPS) is 38.7. The van der Waals surface area contributed by atoms with Crippen LogP contribution in [0, 0.1) is 41.4 Å². The van der Waals surface area contributed by atoms with Crippen LogP contribution in [0.5, 0.6) is 0 Å². The molecule has 3 aliphatic carbocycles. The topological polar surface area (TPSA) is 88.8 Å². The van der Waals surface area contributed by atoms with Crippen molar-refractivity contribution >= 4 is 28.7 Å².